The van der Waals surface area contributed by atoms with Crippen LogP contribution < -0.4 is 0 Å². The zero-order valence-electron chi connectivity index (χ0n) is 11.5. The molecule has 1 saturated heterocycles. The molecule has 0 saturated carbocycles. The third-order valence-electron chi connectivity index (χ3n) is 3.80. The number of benzene rings is 2. The van der Waals surface area contributed by atoms with E-state index >= 15 is 0 Å². The van der Waals surface area contributed by atoms with Crippen molar-refractivity contribution in [1.82, 2.24) is 0 Å². The van der Waals surface area contributed by atoms with Gasteiger partial charge in [0.15, 0.2) is 11.7 Å². The Balaban J connectivity index is 2.09. The summed E-state index contributed by atoms with van der Waals surface area (Å²) in [6, 6.07) is 15.7. The number of carboxylic acids is 1. The van der Waals surface area contributed by atoms with Crippen LogP contribution in [0.5, 0.6) is 0 Å². The van der Waals surface area contributed by atoms with E-state index in [9.17, 15) is 9.90 Å². The van der Waals surface area contributed by atoms with Gasteiger partial charge >= 0.3 is 5.97 Å². The number of rotatable bonds is 3. The van der Waals surface area contributed by atoms with E-state index in [0.29, 0.717) is 0 Å². The molecule has 0 spiro atoms. The molecule has 0 bridgehead atoms. The van der Waals surface area contributed by atoms with E-state index in [0.717, 1.165) is 22.3 Å². The smallest absolute Gasteiger partial charge is 0.336 e. The minimum Gasteiger partial charge on any atom is -0.479 e. The normalized spacial score (nSPS) is 19.6. The van der Waals surface area contributed by atoms with Gasteiger partial charge in [-0.15, -0.1) is 0 Å². The summed E-state index contributed by atoms with van der Waals surface area (Å²) >= 11 is 0. The fourth-order valence-electron chi connectivity index (χ4n) is 2.58. The molecule has 2 aromatic carbocycles. The van der Waals surface area contributed by atoms with E-state index < -0.39 is 17.7 Å². The van der Waals surface area contributed by atoms with Crippen LogP contribution >= 0.6 is 0 Å². The summed E-state index contributed by atoms with van der Waals surface area (Å²) in [7, 11) is 0. The van der Waals surface area contributed by atoms with E-state index in [4.69, 9.17) is 4.74 Å². The van der Waals surface area contributed by atoms with Gasteiger partial charge in [0.05, 0.1) is 0 Å². The van der Waals surface area contributed by atoms with Crippen molar-refractivity contribution in [1.29, 1.82) is 0 Å². The molecule has 3 nitrogen and oxygen atoms in total. The van der Waals surface area contributed by atoms with Crippen LogP contribution in [0, 0.1) is 13.8 Å². The summed E-state index contributed by atoms with van der Waals surface area (Å²) in [5.74, 6) is -0.925. The molecule has 3 heteroatoms. The highest BCUT2D eigenvalue weighted by Crippen LogP contribution is 2.51. The first-order chi connectivity index (χ1) is 9.54. The van der Waals surface area contributed by atoms with Crippen LogP contribution in [0.4, 0.5) is 0 Å². The Labute approximate surface area is 117 Å². The Hall–Kier alpha value is -2.13. The lowest BCUT2D eigenvalue weighted by molar-refractivity contribution is -0.138. The molecule has 0 aromatic heterocycles. The van der Waals surface area contributed by atoms with Crippen molar-refractivity contribution in [2.24, 2.45) is 0 Å². The maximum atomic E-state index is 11.3. The lowest BCUT2D eigenvalue weighted by Crippen LogP contribution is -2.20. The molecule has 3 rings (SSSR count). The fourth-order valence-corrected chi connectivity index (χ4v) is 2.58. The number of aliphatic carboxylic acids is 1. The number of carboxylic acid groups (broad SMARTS) is 1. The van der Waals surface area contributed by atoms with Crippen molar-refractivity contribution < 1.29 is 14.6 Å². The standard InChI is InChI=1S/C17H16O3/c1-11-3-7-13(8-4-11)17(15(20-17)16(18)19)14-9-5-12(2)6-10-14/h3-10,15H,1-2H3,(H,18,19). The summed E-state index contributed by atoms with van der Waals surface area (Å²) in [4.78, 5) is 11.3. The molecule has 0 aliphatic carbocycles. The van der Waals surface area contributed by atoms with Crippen molar-refractivity contribution in [2.45, 2.75) is 25.6 Å². The second kappa shape index (κ2) is 4.46. The molecule has 1 heterocycles. The maximum Gasteiger partial charge on any atom is 0.336 e. The van der Waals surface area contributed by atoms with Crippen LogP contribution in [0.2, 0.25) is 0 Å². The Bertz CT molecular complexity index is 595. The zero-order chi connectivity index (χ0) is 14.3. The van der Waals surface area contributed by atoms with Gasteiger partial charge in [0.25, 0.3) is 0 Å². The fraction of sp³-hybridized carbons (Fsp3) is 0.235. The SMILES string of the molecule is Cc1ccc(C2(c3ccc(C)cc3)OC2C(=O)O)cc1. The van der Waals surface area contributed by atoms with E-state index in [1.54, 1.807) is 0 Å². The highest BCUT2D eigenvalue weighted by atomic mass is 16.6. The largest absolute Gasteiger partial charge is 0.479 e. The zero-order valence-corrected chi connectivity index (χ0v) is 11.5. The summed E-state index contributed by atoms with van der Waals surface area (Å²) < 4.78 is 5.62. The molecule has 0 radical (unpaired) electrons. The van der Waals surface area contributed by atoms with Crippen molar-refractivity contribution in [2.75, 3.05) is 0 Å². The third-order valence-corrected chi connectivity index (χ3v) is 3.80. The Morgan fingerprint density at radius 3 is 1.65 bits per heavy atom. The highest BCUT2D eigenvalue weighted by Gasteiger charge is 2.63. The molecule has 102 valence electrons. The summed E-state index contributed by atoms with van der Waals surface area (Å²) in [6.07, 6.45) is -0.812. The van der Waals surface area contributed by atoms with Gasteiger partial charge in [0.2, 0.25) is 0 Å². The average molecular weight is 268 g/mol. The van der Waals surface area contributed by atoms with E-state index in [1.165, 1.54) is 0 Å². The quantitative estimate of drug-likeness (QED) is 0.870. The van der Waals surface area contributed by atoms with Gasteiger partial charge < -0.3 is 9.84 Å². The third kappa shape index (κ3) is 1.91. The molecular weight excluding hydrogens is 252 g/mol. The van der Waals surface area contributed by atoms with Gasteiger partial charge in [-0.25, -0.2) is 4.79 Å². The van der Waals surface area contributed by atoms with E-state index in [2.05, 4.69) is 0 Å². The predicted molar refractivity (Wildman–Crippen MR) is 75.6 cm³/mol. The molecule has 1 aliphatic heterocycles. The highest BCUT2D eigenvalue weighted by molar-refractivity contribution is 5.79. The van der Waals surface area contributed by atoms with Crippen molar-refractivity contribution in [3.05, 3.63) is 70.8 Å². The van der Waals surface area contributed by atoms with E-state index in [1.807, 2.05) is 62.4 Å². The first-order valence-electron chi connectivity index (χ1n) is 6.59. The van der Waals surface area contributed by atoms with Crippen LogP contribution in [0.1, 0.15) is 22.3 Å². The topological polar surface area (TPSA) is 49.8 Å². The van der Waals surface area contributed by atoms with Gasteiger partial charge in [-0.1, -0.05) is 59.7 Å². The first kappa shape index (κ1) is 12.9. The second-order valence-electron chi connectivity index (χ2n) is 5.30. The lowest BCUT2D eigenvalue weighted by atomic mass is 9.87. The second-order valence-corrected chi connectivity index (χ2v) is 5.30. The van der Waals surface area contributed by atoms with Crippen molar-refractivity contribution >= 4 is 5.97 Å². The first-order valence-corrected chi connectivity index (χ1v) is 6.59. The molecule has 2 aromatic rings. The lowest BCUT2D eigenvalue weighted by Gasteiger charge is -2.14. The summed E-state index contributed by atoms with van der Waals surface area (Å²) in [5, 5.41) is 9.30. The van der Waals surface area contributed by atoms with Crippen molar-refractivity contribution in [3.63, 3.8) is 0 Å². The molecule has 1 aliphatic rings. The van der Waals surface area contributed by atoms with Crippen LogP contribution in [0.25, 0.3) is 0 Å². The maximum absolute atomic E-state index is 11.3. The van der Waals surface area contributed by atoms with E-state index in [-0.39, 0.29) is 0 Å². The number of carbonyl (C=O) groups is 1. The van der Waals surface area contributed by atoms with Gasteiger partial charge in [-0.2, -0.15) is 0 Å². The number of epoxide rings is 1. The van der Waals surface area contributed by atoms with Gasteiger partial charge in [0, 0.05) is 0 Å². The van der Waals surface area contributed by atoms with Crippen LogP contribution in [-0.4, -0.2) is 17.2 Å². The Morgan fingerprint density at radius 1 is 0.950 bits per heavy atom. The van der Waals surface area contributed by atoms with Crippen LogP contribution in [0.15, 0.2) is 48.5 Å². The molecule has 20 heavy (non-hydrogen) atoms. The van der Waals surface area contributed by atoms with Gasteiger partial charge in [-0.3, -0.25) is 0 Å². The Kier molecular flexibility index (Phi) is 2.87. The van der Waals surface area contributed by atoms with Crippen LogP contribution in [0.3, 0.4) is 0 Å². The monoisotopic (exact) mass is 268 g/mol. The van der Waals surface area contributed by atoms with Gasteiger partial charge in [-0.05, 0) is 25.0 Å². The Morgan fingerprint density at radius 2 is 1.35 bits per heavy atom. The molecule has 0 amide bonds. The van der Waals surface area contributed by atoms with Crippen LogP contribution in [-0.2, 0) is 15.1 Å². The molecule has 1 N–H and O–H groups in total. The average Bonchev–Trinajstić information content (AvgIpc) is 3.17. The minimum atomic E-state index is -0.925. The number of aryl methyl sites for hydroxylation is 2. The molecule has 1 fully saturated rings. The minimum absolute atomic E-state index is 0.812. The van der Waals surface area contributed by atoms with Gasteiger partial charge in [0.1, 0.15) is 0 Å². The molecular formula is C17H16O3. The summed E-state index contributed by atoms with van der Waals surface area (Å²) in [6.45, 7) is 4.01. The molecule has 1 unspecified atom stereocenters. The number of hydrogen-bond donors (Lipinski definition) is 1. The number of ether oxygens (including phenoxy) is 1. The van der Waals surface area contributed by atoms with Crippen molar-refractivity contribution in [3.8, 4) is 0 Å². The predicted octanol–water partition coefficient (Wildman–Crippen LogP) is 3.03. The molecule has 1 atom stereocenters. The summed E-state index contributed by atoms with van der Waals surface area (Å²) in [5.41, 5.74) is 3.21. The number of hydrogen-bond acceptors (Lipinski definition) is 2.